The van der Waals surface area contributed by atoms with Crippen LogP contribution in [-0.2, 0) is 0 Å². The number of hydrogen-bond acceptors (Lipinski definition) is 2. The molecule has 0 bridgehead atoms. The van der Waals surface area contributed by atoms with E-state index in [4.69, 9.17) is 0 Å². The van der Waals surface area contributed by atoms with Gasteiger partial charge in [0.15, 0.2) is 0 Å². The minimum Gasteiger partial charge on any atom is -0.392 e. The highest BCUT2D eigenvalue weighted by Gasteiger charge is 2.26. The van der Waals surface area contributed by atoms with Gasteiger partial charge < -0.3 is 10.2 Å². The number of hydrogen-bond donors (Lipinski definition) is 2. The van der Waals surface area contributed by atoms with Crippen LogP contribution in [0.2, 0.25) is 0 Å². The number of allylic oxidation sites excluding steroid dienone is 4. The van der Waals surface area contributed by atoms with E-state index in [2.05, 4.69) is 53.7 Å². The van der Waals surface area contributed by atoms with E-state index in [1.165, 1.54) is 11.1 Å². The normalized spacial score (nSPS) is 17.8. The molecule has 2 nitrogen and oxygen atoms in total. The molecule has 0 unspecified atom stereocenters. The highest BCUT2D eigenvalue weighted by Crippen LogP contribution is 2.39. The van der Waals surface area contributed by atoms with E-state index >= 15 is 0 Å². The van der Waals surface area contributed by atoms with Crippen LogP contribution in [0.5, 0.6) is 0 Å². The molecule has 0 aliphatic heterocycles. The summed E-state index contributed by atoms with van der Waals surface area (Å²) < 4.78 is 0. The lowest BCUT2D eigenvalue weighted by Gasteiger charge is -2.32. The van der Waals surface area contributed by atoms with Gasteiger partial charge in [-0.3, -0.25) is 0 Å². The average Bonchev–Trinajstić information content (AvgIpc) is 2.45. The first-order valence-corrected chi connectivity index (χ1v) is 8.40. The molecule has 0 atom stereocenters. The molecule has 2 N–H and O–H groups in total. The molecule has 0 aromatic carbocycles. The first kappa shape index (κ1) is 19.2. The van der Waals surface area contributed by atoms with Crippen LogP contribution in [0.3, 0.4) is 0 Å². The van der Waals surface area contributed by atoms with Gasteiger partial charge >= 0.3 is 0 Å². The van der Waals surface area contributed by atoms with Crippen LogP contribution in [0.25, 0.3) is 0 Å². The van der Waals surface area contributed by atoms with Gasteiger partial charge in [0.2, 0.25) is 0 Å². The van der Waals surface area contributed by atoms with Gasteiger partial charge in [-0.05, 0) is 54.6 Å². The lowest BCUT2D eigenvalue weighted by atomic mass is 9.74. The van der Waals surface area contributed by atoms with Crippen LogP contribution in [-0.4, -0.2) is 23.4 Å². The maximum Gasteiger partial charge on any atom is 0.0648 e. The van der Waals surface area contributed by atoms with Crippen molar-refractivity contribution in [3.05, 3.63) is 34.4 Å². The average molecular weight is 306 g/mol. The van der Waals surface area contributed by atoms with E-state index in [9.17, 15) is 10.2 Å². The van der Waals surface area contributed by atoms with E-state index in [0.29, 0.717) is 0 Å². The van der Waals surface area contributed by atoms with Gasteiger partial charge in [0, 0.05) is 0 Å². The predicted molar refractivity (Wildman–Crippen MR) is 94.7 cm³/mol. The Labute approximate surface area is 136 Å². The van der Waals surface area contributed by atoms with Gasteiger partial charge in [-0.1, -0.05) is 57.9 Å². The summed E-state index contributed by atoms with van der Waals surface area (Å²) in [6.07, 6.45) is 8.40. The molecule has 0 aromatic rings. The van der Waals surface area contributed by atoms with Crippen molar-refractivity contribution in [3.8, 4) is 0 Å². The zero-order valence-corrected chi connectivity index (χ0v) is 15.3. The standard InChI is InChI=1S/C20H34O2/c1-15(19(2,3)4)8-7-11-20(5,6)18-10-9-16(13-21)17(12-18)14-22/h8,10,21-22H,7,9,11-14H2,1-6H3. The Morgan fingerprint density at radius 1 is 1.09 bits per heavy atom. The summed E-state index contributed by atoms with van der Waals surface area (Å²) in [7, 11) is 0. The Kier molecular flexibility index (Phi) is 6.64. The maximum atomic E-state index is 9.51. The molecule has 1 aliphatic carbocycles. The van der Waals surface area contributed by atoms with E-state index in [1.54, 1.807) is 0 Å². The molecular weight excluding hydrogens is 272 g/mol. The van der Waals surface area contributed by atoms with Crippen molar-refractivity contribution in [2.45, 2.75) is 67.2 Å². The number of aliphatic hydroxyl groups excluding tert-OH is 2. The largest absolute Gasteiger partial charge is 0.392 e. The highest BCUT2D eigenvalue weighted by molar-refractivity contribution is 5.32. The summed E-state index contributed by atoms with van der Waals surface area (Å²) in [5.41, 5.74) is 5.22. The van der Waals surface area contributed by atoms with Crippen molar-refractivity contribution >= 4 is 0 Å². The van der Waals surface area contributed by atoms with Gasteiger partial charge in [0.1, 0.15) is 0 Å². The molecule has 0 aromatic heterocycles. The van der Waals surface area contributed by atoms with Crippen LogP contribution in [0, 0.1) is 10.8 Å². The van der Waals surface area contributed by atoms with Crippen molar-refractivity contribution in [3.63, 3.8) is 0 Å². The molecule has 0 saturated carbocycles. The van der Waals surface area contributed by atoms with Crippen LogP contribution in [0.4, 0.5) is 0 Å². The van der Waals surface area contributed by atoms with E-state index < -0.39 is 0 Å². The monoisotopic (exact) mass is 306 g/mol. The van der Waals surface area contributed by atoms with Crippen LogP contribution >= 0.6 is 0 Å². The van der Waals surface area contributed by atoms with E-state index in [-0.39, 0.29) is 24.0 Å². The summed E-state index contributed by atoms with van der Waals surface area (Å²) >= 11 is 0. The first-order valence-electron chi connectivity index (χ1n) is 8.40. The molecule has 0 radical (unpaired) electrons. The van der Waals surface area contributed by atoms with Gasteiger partial charge in [0.05, 0.1) is 13.2 Å². The molecule has 0 heterocycles. The third-order valence-corrected chi connectivity index (χ3v) is 5.15. The van der Waals surface area contributed by atoms with Crippen molar-refractivity contribution in [2.24, 2.45) is 10.8 Å². The SMILES string of the molecule is CC(=CCCC(C)(C)C1=CCC(CO)=C(CO)C1)C(C)(C)C. The van der Waals surface area contributed by atoms with Crippen LogP contribution in [0.1, 0.15) is 67.2 Å². The summed E-state index contributed by atoms with van der Waals surface area (Å²) in [6, 6.07) is 0. The third-order valence-electron chi connectivity index (χ3n) is 5.15. The summed E-state index contributed by atoms with van der Waals surface area (Å²) in [6.45, 7) is 13.7. The van der Waals surface area contributed by atoms with Gasteiger partial charge in [-0.2, -0.15) is 0 Å². The molecule has 0 fully saturated rings. The Morgan fingerprint density at radius 3 is 2.18 bits per heavy atom. The molecular formula is C20H34O2. The Balaban J connectivity index is 2.70. The second kappa shape index (κ2) is 7.61. The molecule has 0 saturated heterocycles. The fourth-order valence-corrected chi connectivity index (χ4v) is 2.79. The van der Waals surface area contributed by atoms with Crippen molar-refractivity contribution in [1.82, 2.24) is 0 Å². The van der Waals surface area contributed by atoms with Crippen molar-refractivity contribution in [2.75, 3.05) is 13.2 Å². The van der Waals surface area contributed by atoms with Gasteiger partial charge in [0.25, 0.3) is 0 Å². The summed E-state index contributed by atoms with van der Waals surface area (Å²) in [5.74, 6) is 0. The maximum absolute atomic E-state index is 9.51. The van der Waals surface area contributed by atoms with Crippen molar-refractivity contribution < 1.29 is 10.2 Å². The highest BCUT2D eigenvalue weighted by atomic mass is 16.3. The molecule has 1 aliphatic rings. The van der Waals surface area contributed by atoms with Gasteiger partial charge in [-0.25, -0.2) is 0 Å². The Bertz CT molecular complexity index is 470. The second-order valence-corrected chi connectivity index (χ2v) is 8.19. The van der Waals surface area contributed by atoms with Crippen LogP contribution in [0.15, 0.2) is 34.4 Å². The van der Waals surface area contributed by atoms with Crippen LogP contribution < -0.4 is 0 Å². The number of aliphatic hydroxyl groups is 2. The van der Waals surface area contributed by atoms with E-state index in [0.717, 1.165) is 36.8 Å². The fourth-order valence-electron chi connectivity index (χ4n) is 2.79. The number of rotatable bonds is 6. The lowest BCUT2D eigenvalue weighted by molar-refractivity contribution is 0.301. The summed E-state index contributed by atoms with van der Waals surface area (Å²) in [4.78, 5) is 0. The lowest BCUT2D eigenvalue weighted by Crippen LogP contribution is -2.19. The molecule has 22 heavy (non-hydrogen) atoms. The smallest absolute Gasteiger partial charge is 0.0648 e. The molecule has 2 heteroatoms. The summed E-state index contributed by atoms with van der Waals surface area (Å²) in [5, 5.41) is 18.9. The minimum absolute atomic E-state index is 0.0619. The molecule has 0 spiro atoms. The van der Waals surface area contributed by atoms with Crippen molar-refractivity contribution in [1.29, 1.82) is 0 Å². The molecule has 1 rings (SSSR count). The Morgan fingerprint density at radius 2 is 1.68 bits per heavy atom. The fraction of sp³-hybridized carbons (Fsp3) is 0.700. The predicted octanol–water partition coefficient (Wildman–Crippen LogP) is 4.79. The Hall–Kier alpha value is -0.860. The topological polar surface area (TPSA) is 40.5 Å². The minimum atomic E-state index is 0.0619. The van der Waals surface area contributed by atoms with E-state index in [1.807, 2.05) is 0 Å². The zero-order chi connectivity index (χ0) is 17.0. The third kappa shape index (κ3) is 5.10. The second-order valence-electron chi connectivity index (χ2n) is 8.19. The zero-order valence-electron chi connectivity index (χ0n) is 15.3. The first-order chi connectivity index (χ1) is 10.1. The van der Waals surface area contributed by atoms with Gasteiger partial charge in [-0.15, -0.1) is 0 Å². The quantitative estimate of drug-likeness (QED) is 0.693. The molecule has 0 amide bonds. The molecule has 126 valence electrons.